The molecule has 2 atom stereocenters. The zero-order valence-electron chi connectivity index (χ0n) is 15.0. The fourth-order valence-corrected chi connectivity index (χ4v) is 5.36. The van der Waals surface area contributed by atoms with Gasteiger partial charge in [0.1, 0.15) is 0 Å². The first kappa shape index (κ1) is 17.3. The van der Waals surface area contributed by atoms with E-state index in [-0.39, 0.29) is 11.5 Å². The number of nitrogen functional groups attached to an aromatic ring is 1. The Morgan fingerprint density at radius 3 is 2.88 bits per heavy atom. The van der Waals surface area contributed by atoms with Crippen molar-refractivity contribution in [3.8, 4) is 0 Å². The van der Waals surface area contributed by atoms with Crippen LogP contribution in [-0.2, 0) is 11.3 Å². The van der Waals surface area contributed by atoms with Crippen LogP contribution in [0.3, 0.4) is 0 Å². The summed E-state index contributed by atoms with van der Waals surface area (Å²) in [7, 11) is 0. The average Bonchev–Trinajstić information content (AvgIpc) is 3.20. The maximum absolute atomic E-state index is 13.2. The highest BCUT2D eigenvalue weighted by Gasteiger charge is 2.51. The predicted molar refractivity (Wildman–Crippen MR) is 102 cm³/mol. The number of piperazine rings is 1. The monoisotopic (exact) mass is 361 g/mol. The third kappa shape index (κ3) is 3.20. The van der Waals surface area contributed by atoms with Crippen molar-refractivity contribution < 1.29 is 4.79 Å². The molecule has 1 aromatic rings. The van der Waals surface area contributed by atoms with E-state index in [1.165, 1.54) is 18.4 Å². The van der Waals surface area contributed by atoms with Gasteiger partial charge >= 0.3 is 0 Å². The standard InChI is InChI=1S/C20H28ClN3O/c1-13-15(8-16(21)9-18(13)22)10-24-11-17-6-7-20(12-24,23-17)19(25)14-4-2-3-5-14/h8-9,14,17,23H,2-7,10-12,22H2,1H3. The summed E-state index contributed by atoms with van der Waals surface area (Å²) in [5.74, 6) is 0.745. The van der Waals surface area contributed by atoms with Crippen molar-refractivity contribution in [2.75, 3.05) is 18.8 Å². The third-order valence-electron chi connectivity index (χ3n) is 6.48. The molecule has 3 N–H and O–H groups in total. The van der Waals surface area contributed by atoms with Gasteiger partial charge in [0.25, 0.3) is 0 Å². The Balaban J connectivity index is 1.54. The molecule has 2 aliphatic heterocycles. The highest BCUT2D eigenvalue weighted by atomic mass is 35.5. The summed E-state index contributed by atoms with van der Waals surface area (Å²) in [4.78, 5) is 15.7. The molecule has 0 amide bonds. The van der Waals surface area contributed by atoms with Crippen LogP contribution in [-0.4, -0.2) is 35.4 Å². The van der Waals surface area contributed by atoms with Crippen LogP contribution in [0.1, 0.15) is 49.7 Å². The van der Waals surface area contributed by atoms with Gasteiger partial charge in [0, 0.05) is 42.3 Å². The van der Waals surface area contributed by atoms with E-state index >= 15 is 0 Å². The molecule has 2 bridgehead atoms. The summed E-state index contributed by atoms with van der Waals surface area (Å²) in [6.07, 6.45) is 6.67. The lowest BCUT2D eigenvalue weighted by Crippen LogP contribution is -2.64. The molecule has 3 fully saturated rings. The van der Waals surface area contributed by atoms with Crippen LogP contribution in [0.25, 0.3) is 0 Å². The average molecular weight is 362 g/mol. The van der Waals surface area contributed by atoms with Gasteiger partial charge in [0.2, 0.25) is 0 Å². The molecule has 3 aliphatic rings. The summed E-state index contributed by atoms with van der Waals surface area (Å²) >= 11 is 6.21. The van der Waals surface area contributed by atoms with Crippen LogP contribution in [0.2, 0.25) is 5.02 Å². The van der Waals surface area contributed by atoms with Gasteiger partial charge in [-0.05, 0) is 55.9 Å². The first-order chi connectivity index (χ1) is 12.0. The maximum atomic E-state index is 13.2. The number of nitrogens with two attached hydrogens (primary N) is 1. The fraction of sp³-hybridized carbons (Fsp3) is 0.650. The summed E-state index contributed by atoms with van der Waals surface area (Å²) in [5.41, 5.74) is 8.78. The molecule has 2 unspecified atom stereocenters. The number of ketones is 1. The Labute approximate surface area is 155 Å². The number of rotatable bonds is 4. The Kier molecular flexibility index (Phi) is 4.55. The minimum absolute atomic E-state index is 0.273. The van der Waals surface area contributed by atoms with Crippen molar-refractivity contribution in [1.29, 1.82) is 0 Å². The predicted octanol–water partition coefficient (Wildman–Crippen LogP) is 3.30. The van der Waals surface area contributed by atoms with Gasteiger partial charge in [-0.25, -0.2) is 0 Å². The van der Waals surface area contributed by atoms with Crippen LogP contribution in [0.5, 0.6) is 0 Å². The molecule has 1 aliphatic carbocycles. The number of carbonyl (C=O) groups excluding carboxylic acids is 1. The van der Waals surface area contributed by atoms with E-state index < -0.39 is 0 Å². The van der Waals surface area contributed by atoms with Gasteiger partial charge in [-0.3, -0.25) is 15.0 Å². The van der Waals surface area contributed by atoms with Crippen LogP contribution in [0, 0.1) is 12.8 Å². The number of halogens is 1. The minimum Gasteiger partial charge on any atom is -0.398 e. The second-order valence-corrected chi connectivity index (χ2v) is 8.69. The number of anilines is 1. The van der Waals surface area contributed by atoms with Crippen molar-refractivity contribution in [1.82, 2.24) is 10.2 Å². The van der Waals surface area contributed by atoms with Crippen LogP contribution in [0.4, 0.5) is 5.69 Å². The normalized spacial score (nSPS) is 30.1. The van der Waals surface area contributed by atoms with Gasteiger partial charge in [-0.15, -0.1) is 0 Å². The van der Waals surface area contributed by atoms with E-state index in [0.717, 1.165) is 56.6 Å². The topological polar surface area (TPSA) is 58.4 Å². The first-order valence-corrected chi connectivity index (χ1v) is 9.93. The molecule has 4 rings (SSSR count). The van der Waals surface area contributed by atoms with E-state index in [9.17, 15) is 4.79 Å². The number of nitrogens with one attached hydrogen (secondary N) is 1. The number of likely N-dealkylation sites (tertiary alicyclic amines) is 1. The van der Waals surface area contributed by atoms with Gasteiger partial charge in [-0.1, -0.05) is 24.4 Å². The van der Waals surface area contributed by atoms with Crippen LogP contribution in [0.15, 0.2) is 12.1 Å². The van der Waals surface area contributed by atoms with Gasteiger partial charge in [0.15, 0.2) is 5.78 Å². The van der Waals surface area contributed by atoms with E-state index in [2.05, 4.69) is 17.1 Å². The van der Waals surface area contributed by atoms with Gasteiger partial charge in [-0.2, -0.15) is 0 Å². The van der Waals surface area contributed by atoms with Crippen molar-refractivity contribution in [2.24, 2.45) is 5.92 Å². The zero-order chi connectivity index (χ0) is 17.6. The molecule has 2 saturated heterocycles. The van der Waals surface area contributed by atoms with E-state index in [1.807, 2.05) is 12.1 Å². The molecule has 25 heavy (non-hydrogen) atoms. The van der Waals surface area contributed by atoms with E-state index in [1.54, 1.807) is 0 Å². The number of hydrogen-bond acceptors (Lipinski definition) is 4. The van der Waals surface area contributed by atoms with Crippen LogP contribution >= 0.6 is 11.6 Å². The number of hydrogen-bond donors (Lipinski definition) is 2. The molecule has 1 aromatic carbocycles. The number of carbonyl (C=O) groups is 1. The molecule has 0 spiro atoms. The van der Waals surface area contributed by atoms with Crippen molar-refractivity contribution in [3.63, 3.8) is 0 Å². The van der Waals surface area contributed by atoms with Crippen molar-refractivity contribution in [2.45, 2.75) is 63.6 Å². The third-order valence-corrected chi connectivity index (χ3v) is 6.70. The number of benzene rings is 1. The van der Waals surface area contributed by atoms with Crippen molar-refractivity contribution >= 4 is 23.1 Å². The lowest BCUT2D eigenvalue weighted by molar-refractivity contribution is -0.130. The summed E-state index contributed by atoms with van der Waals surface area (Å²) in [6.45, 7) is 4.67. The molecule has 0 aromatic heterocycles. The Hall–Kier alpha value is -1.10. The second kappa shape index (κ2) is 6.57. The molecule has 136 valence electrons. The smallest absolute Gasteiger partial charge is 0.157 e. The minimum atomic E-state index is -0.323. The van der Waals surface area contributed by atoms with Gasteiger partial charge < -0.3 is 5.73 Å². The lowest BCUT2D eigenvalue weighted by Gasteiger charge is -2.41. The molecule has 4 nitrogen and oxygen atoms in total. The SMILES string of the molecule is Cc1c(N)cc(Cl)cc1CN1CC2CCC(C(=O)C3CCCC3)(C1)N2. The Morgan fingerprint density at radius 1 is 1.36 bits per heavy atom. The largest absolute Gasteiger partial charge is 0.398 e. The number of Topliss-reactive ketones (excluding diaryl/α,β-unsaturated/α-hetero) is 1. The quantitative estimate of drug-likeness (QED) is 0.808. The molecule has 0 radical (unpaired) electrons. The highest BCUT2D eigenvalue weighted by Crippen LogP contribution is 2.38. The fourth-order valence-electron chi connectivity index (χ4n) is 5.11. The van der Waals surface area contributed by atoms with Gasteiger partial charge in [0.05, 0.1) is 5.54 Å². The molecular formula is C20H28ClN3O. The molecule has 1 saturated carbocycles. The van der Waals surface area contributed by atoms with Crippen molar-refractivity contribution in [3.05, 3.63) is 28.3 Å². The number of fused-ring (bicyclic) bond motifs is 2. The van der Waals surface area contributed by atoms with E-state index in [0.29, 0.717) is 16.8 Å². The van der Waals surface area contributed by atoms with E-state index in [4.69, 9.17) is 17.3 Å². The molecule has 5 heteroatoms. The molecular weight excluding hydrogens is 334 g/mol. The molecule has 2 heterocycles. The summed E-state index contributed by atoms with van der Waals surface area (Å²) in [5, 5.41) is 4.38. The Bertz CT molecular complexity index is 686. The number of nitrogens with zero attached hydrogens (tertiary/aromatic N) is 1. The second-order valence-electron chi connectivity index (χ2n) is 8.26. The Morgan fingerprint density at radius 2 is 2.12 bits per heavy atom. The maximum Gasteiger partial charge on any atom is 0.157 e. The lowest BCUT2D eigenvalue weighted by atomic mass is 9.83. The zero-order valence-corrected chi connectivity index (χ0v) is 15.7. The summed E-state index contributed by atoms with van der Waals surface area (Å²) < 4.78 is 0. The highest BCUT2D eigenvalue weighted by molar-refractivity contribution is 6.31. The first-order valence-electron chi connectivity index (χ1n) is 9.56. The summed E-state index contributed by atoms with van der Waals surface area (Å²) in [6, 6.07) is 4.26. The van der Waals surface area contributed by atoms with Crippen LogP contribution < -0.4 is 11.1 Å².